The molecule has 0 bridgehead atoms. The summed E-state index contributed by atoms with van der Waals surface area (Å²) in [7, 11) is 0. The van der Waals surface area contributed by atoms with Gasteiger partial charge in [-0.2, -0.15) is 4.57 Å². The number of hydrogen-bond acceptors (Lipinski definition) is 1. The van der Waals surface area contributed by atoms with Crippen molar-refractivity contribution in [1.82, 2.24) is 0 Å². The molecule has 0 radical (unpaired) electrons. The topological polar surface area (TPSA) is 35.4 Å². The maximum atomic E-state index is 5.28. The predicted molar refractivity (Wildman–Crippen MR) is 69.4 cm³/mol. The number of hydrogen-bond donors (Lipinski definition) is 0. The fraction of sp³-hybridized carbons (Fsp3) is 0.0714. The Morgan fingerprint density at radius 2 is 1.89 bits per heavy atom. The Bertz CT molecular complexity index is 575. The summed E-state index contributed by atoms with van der Waals surface area (Å²) in [5, 5.41) is 2.98. The van der Waals surface area contributed by atoms with Gasteiger partial charge in [0.05, 0.1) is 5.38 Å². The Balaban J connectivity index is 0.00000144. The van der Waals surface area contributed by atoms with Gasteiger partial charge in [0.1, 0.15) is 0 Å². The van der Waals surface area contributed by atoms with Gasteiger partial charge in [-0.1, -0.05) is 35.5 Å². The Morgan fingerprint density at radius 1 is 1.17 bits per heavy atom. The largest absolute Gasteiger partial charge is 0.412 e. The van der Waals surface area contributed by atoms with Crippen LogP contribution in [0.15, 0.2) is 41.9 Å². The second-order valence-electron chi connectivity index (χ2n) is 3.16. The quantitative estimate of drug-likeness (QED) is 0.430. The van der Waals surface area contributed by atoms with Gasteiger partial charge in [-0.3, -0.25) is 0 Å². The van der Waals surface area contributed by atoms with E-state index in [4.69, 9.17) is 6.42 Å². The van der Waals surface area contributed by atoms with Crippen LogP contribution in [0.1, 0.15) is 10.6 Å². The Hall–Kier alpha value is -1.36. The maximum Gasteiger partial charge on any atom is 0.315 e. The number of nitrogens with zero attached hydrogens (tertiary/aromatic N) is 1. The van der Waals surface area contributed by atoms with Crippen molar-refractivity contribution in [3.63, 3.8) is 0 Å². The molecule has 0 saturated carbocycles. The van der Waals surface area contributed by atoms with Gasteiger partial charge in [-0.15, -0.1) is 6.42 Å². The van der Waals surface area contributed by atoms with Crippen LogP contribution in [0.2, 0.25) is 0 Å². The molecule has 18 heavy (non-hydrogen) atoms. The fourth-order valence-corrected chi connectivity index (χ4v) is 1.98. The van der Waals surface area contributed by atoms with Crippen molar-refractivity contribution in [2.45, 2.75) is 6.54 Å². The zero-order valence-corrected chi connectivity index (χ0v) is 12.1. The van der Waals surface area contributed by atoms with Gasteiger partial charge in [-0.05, 0) is 18.1 Å². The first-order valence-electron chi connectivity index (χ1n) is 4.87. The molecule has 2 rings (SSSR count). The molecule has 0 spiro atoms. The third-order valence-corrected chi connectivity index (χ3v) is 2.85. The third kappa shape index (κ3) is 4.49. The summed E-state index contributed by atoms with van der Waals surface area (Å²) in [6.45, 7) is 0.572. The molecular weight excluding hydrogens is 278 g/mol. The van der Waals surface area contributed by atoms with Crippen molar-refractivity contribution < 1.29 is 31.8 Å². The van der Waals surface area contributed by atoms with E-state index in [9.17, 15) is 0 Å². The standard InChI is InChI=1S/C14H10NS.H2O.Ti/c1-2-10-15-11-12-16-14(15)9-8-13-6-4-3-5-7-13;;/h1,3-7,11-12H,10H2;1H2;/q+1;;. The molecule has 2 aromatic rings. The van der Waals surface area contributed by atoms with Crippen LogP contribution in [0, 0.1) is 24.2 Å². The van der Waals surface area contributed by atoms with Gasteiger partial charge in [0, 0.05) is 33.2 Å². The molecule has 88 valence electrons. The van der Waals surface area contributed by atoms with Crippen LogP contribution < -0.4 is 4.57 Å². The number of thiazole rings is 1. The van der Waals surface area contributed by atoms with Crippen LogP contribution in [0.4, 0.5) is 0 Å². The van der Waals surface area contributed by atoms with Gasteiger partial charge in [0.25, 0.3) is 0 Å². The van der Waals surface area contributed by atoms with E-state index in [1.54, 1.807) is 11.3 Å². The minimum absolute atomic E-state index is 0. The summed E-state index contributed by atoms with van der Waals surface area (Å²) in [5.41, 5.74) is 1.02. The van der Waals surface area contributed by atoms with E-state index in [1.165, 1.54) is 0 Å². The van der Waals surface area contributed by atoms with E-state index >= 15 is 0 Å². The minimum Gasteiger partial charge on any atom is -0.412 e. The summed E-state index contributed by atoms with van der Waals surface area (Å²) >= 11 is 1.60. The Morgan fingerprint density at radius 3 is 2.56 bits per heavy atom. The average Bonchev–Trinajstić information content (AvgIpc) is 2.76. The molecule has 0 aliphatic rings. The van der Waals surface area contributed by atoms with E-state index in [0.717, 1.165) is 10.6 Å². The van der Waals surface area contributed by atoms with Crippen LogP contribution in [0.25, 0.3) is 0 Å². The van der Waals surface area contributed by atoms with Crippen LogP contribution in [-0.4, -0.2) is 5.48 Å². The molecule has 0 atom stereocenters. The van der Waals surface area contributed by atoms with Crippen molar-refractivity contribution in [3.8, 4) is 24.2 Å². The first-order chi connectivity index (χ1) is 7.90. The van der Waals surface area contributed by atoms with Crippen molar-refractivity contribution >= 4 is 11.3 Å². The second-order valence-corrected chi connectivity index (χ2v) is 4.05. The number of terminal acetylenes is 1. The molecule has 0 saturated heterocycles. The summed E-state index contributed by atoms with van der Waals surface area (Å²) < 4.78 is 1.97. The van der Waals surface area contributed by atoms with Gasteiger partial charge in [-0.25, -0.2) is 0 Å². The molecule has 0 amide bonds. The SMILES string of the molecule is C#CC[n+]1ccsc1C#Cc1ccccc1.O.[Ti]. The van der Waals surface area contributed by atoms with Crippen LogP contribution in [0.3, 0.4) is 0 Å². The van der Waals surface area contributed by atoms with Crippen molar-refractivity contribution in [3.05, 3.63) is 52.5 Å². The van der Waals surface area contributed by atoms with Crippen LogP contribution in [0.5, 0.6) is 0 Å². The Kier molecular flexibility index (Phi) is 8.04. The molecule has 1 aromatic heterocycles. The predicted octanol–water partition coefficient (Wildman–Crippen LogP) is 1.24. The summed E-state index contributed by atoms with van der Waals surface area (Å²) in [5.74, 6) is 8.86. The van der Waals surface area contributed by atoms with Gasteiger partial charge in [0.2, 0.25) is 6.54 Å². The first-order valence-corrected chi connectivity index (χ1v) is 5.75. The zero-order valence-electron chi connectivity index (χ0n) is 9.68. The van der Waals surface area contributed by atoms with E-state index < -0.39 is 0 Å². The second kappa shape index (κ2) is 8.69. The van der Waals surface area contributed by atoms with E-state index in [2.05, 4.69) is 17.8 Å². The van der Waals surface area contributed by atoms with Crippen molar-refractivity contribution in [2.75, 3.05) is 0 Å². The fourth-order valence-electron chi connectivity index (χ4n) is 1.27. The van der Waals surface area contributed by atoms with Gasteiger partial charge < -0.3 is 5.48 Å². The molecule has 0 aliphatic heterocycles. The molecule has 2 N–H and O–H groups in total. The van der Waals surface area contributed by atoms with E-state index in [-0.39, 0.29) is 27.2 Å². The van der Waals surface area contributed by atoms with Gasteiger partial charge in [0.15, 0.2) is 6.20 Å². The molecule has 1 heterocycles. The van der Waals surface area contributed by atoms with Crippen molar-refractivity contribution in [1.29, 1.82) is 0 Å². The molecule has 2 nitrogen and oxygen atoms in total. The smallest absolute Gasteiger partial charge is 0.315 e. The van der Waals surface area contributed by atoms with Crippen molar-refractivity contribution in [2.24, 2.45) is 0 Å². The Labute approximate surface area is 126 Å². The first kappa shape index (κ1) is 16.6. The van der Waals surface area contributed by atoms with Gasteiger partial charge >= 0.3 is 5.01 Å². The zero-order chi connectivity index (χ0) is 11.2. The monoisotopic (exact) mass is 290 g/mol. The average molecular weight is 290 g/mol. The number of aromatic nitrogens is 1. The van der Waals surface area contributed by atoms with Crippen LogP contribution >= 0.6 is 11.3 Å². The summed E-state index contributed by atoms with van der Waals surface area (Å²) in [4.78, 5) is 0. The van der Waals surface area contributed by atoms with E-state index in [1.807, 2.05) is 46.5 Å². The summed E-state index contributed by atoms with van der Waals surface area (Å²) in [6, 6.07) is 9.93. The minimum atomic E-state index is 0. The molecule has 0 fully saturated rings. The molecule has 1 aromatic carbocycles. The number of rotatable bonds is 1. The molecule has 4 heteroatoms. The normalized spacial score (nSPS) is 7.94. The summed E-state index contributed by atoms with van der Waals surface area (Å²) in [6.07, 6.45) is 7.24. The number of benzene rings is 1. The molecule has 0 unspecified atom stereocenters. The van der Waals surface area contributed by atoms with Crippen LogP contribution in [-0.2, 0) is 28.3 Å². The molecule has 0 aliphatic carbocycles. The maximum absolute atomic E-state index is 5.28. The third-order valence-electron chi connectivity index (χ3n) is 2.03. The molecular formula is C14H12NOSTi+. The van der Waals surface area contributed by atoms with E-state index in [0.29, 0.717) is 6.54 Å².